The number of nitrogens with zero attached hydrogens (tertiary/aromatic N) is 1. The molecule has 7 heteroatoms. The van der Waals surface area contributed by atoms with E-state index in [-0.39, 0.29) is 6.54 Å². The van der Waals surface area contributed by atoms with Crippen LogP contribution >= 0.6 is 0 Å². The van der Waals surface area contributed by atoms with Gasteiger partial charge in [-0.2, -0.15) is 5.26 Å². The van der Waals surface area contributed by atoms with E-state index in [4.69, 9.17) is 10.00 Å². The molecule has 2 atom stereocenters. The number of ether oxygens (including phenoxy) is 1. The van der Waals surface area contributed by atoms with Gasteiger partial charge in [0, 0.05) is 29.2 Å². The fourth-order valence-corrected chi connectivity index (χ4v) is 2.28. The van der Waals surface area contributed by atoms with Gasteiger partial charge in [0.1, 0.15) is 17.8 Å². The molecule has 0 saturated heterocycles. The van der Waals surface area contributed by atoms with Crippen molar-refractivity contribution in [3.05, 3.63) is 35.5 Å². The number of aliphatic hydroxyl groups is 2. The van der Waals surface area contributed by atoms with E-state index in [1.54, 1.807) is 45.2 Å². The lowest BCUT2D eigenvalue weighted by atomic mass is 10.0. The number of fused-ring (bicyclic) bond motifs is 1. The summed E-state index contributed by atoms with van der Waals surface area (Å²) < 4.78 is 5.07. The first-order valence-corrected chi connectivity index (χ1v) is 7.55. The van der Waals surface area contributed by atoms with Crippen LogP contribution in [0.15, 0.2) is 24.4 Å². The van der Waals surface area contributed by atoms with Gasteiger partial charge in [0.2, 0.25) is 0 Å². The van der Waals surface area contributed by atoms with Crippen LogP contribution in [0.25, 0.3) is 10.9 Å². The van der Waals surface area contributed by atoms with Gasteiger partial charge in [-0.15, -0.1) is 0 Å². The van der Waals surface area contributed by atoms with Gasteiger partial charge in [-0.3, -0.25) is 0 Å². The SMILES string of the molecule is CC(C)(C)OC(=O)NCC(O)C(O)c1c[nH]c2ccc(C#N)cc12. The van der Waals surface area contributed by atoms with Crippen molar-refractivity contribution in [2.24, 2.45) is 0 Å². The zero-order valence-electron chi connectivity index (χ0n) is 13.8. The first kappa shape index (κ1) is 17.8. The molecule has 1 aromatic carbocycles. The summed E-state index contributed by atoms with van der Waals surface area (Å²) in [5.41, 5.74) is 1.02. The van der Waals surface area contributed by atoms with Crippen molar-refractivity contribution in [3.8, 4) is 6.07 Å². The molecule has 2 unspecified atom stereocenters. The van der Waals surface area contributed by atoms with Crippen LogP contribution in [0.4, 0.5) is 4.79 Å². The second-order valence-corrected chi connectivity index (χ2v) is 6.51. The molecule has 24 heavy (non-hydrogen) atoms. The zero-order chi connectivity index (χ0) is 17.9. The Morgan fingerprint density at radius 1 is 1.42 bits per heavy atom. The topological polar surface area (TPSA) is 118 Å². The van der Waals surface area contributed by atoms with E-state index in [1.165, 1.54) is 0 Å². The number of carbonyl (C=O) groups excluding carboxylic acids is 1. The van der Waals surface area contributed by atoms with E-state index in [0.29, 0.717) is 16.5 Å². The Labute approximate surface area is 139 Å². The minimum Gasteiger partial charge on any atom is -0.444 e. The van der Waals surface area contributed by atoms with E-state index in [2.05, 4.69) is 10.3 Å². The summed E-state index contributed by atoms with van der Waals surface area (Å²) in [5.74, 6) is 0. The number of aromatic nitrogens is 1. The molecule has 4 N–H and O–H groups in total. The molecule has 0 radical (unpaired) electrons. The normalized spacial score (nSPS) is 14.0. The number of aliphatic hydroxyl groups excluding tert-OH is 2. The molecule has 0 fully saturated rings. The van der Waals surface area contributed by atoms with Crippen molar-refractivity contribution in [2.75, 3.05) is 6.54 Å². The van der Waals surface area contributed by atoms with Crippen molar-refractivity contribution in [1.82, 2.24) is 10.3 Å². The molecule has 128 valence electrons. The lowest BCUT2D eigenvalue weighted by Crippen LogP contribution is -2.38. The van der Waals surface area contributed by atoms with Crippen LogP contribution in [-0.4, -0.2) is 39.5 Å². The number of rotatable bonds is 4. The monoisotopic (exact) mass is 331 g/mol. The molecule has 1 heterocycles. The maximum absolute atomic E-state index is 11.6. The number of alkyl carbamates (subject to hydrolysis) is 1. The average molecular weight is 331 g/mol. The standard InChI is InChI=1S/C17H21N3O4/c1-17(2,3)24-16(23)20-9-14(21)15(22)12-8-19-13-5-4-10(7-18)6-11(12)13/h4-6,8,14-15,19,21-22H,9H2,1-3H3,(H,20,23). The molecular formula is C17H21N3O4. The van der Waals surface area contributed by atoms with Crippen LogP contribution < -0.4 is 5.32 Å². The van der Waals surface area contributed by atoms with Crippen LogP contribution in [0, 0.1) is 11.3 Å². The Bertz CT molecular complexity index is 770. The van der Waals surface area contributed by atoms with Crippen molar-refractivity contribution in [1.29, 1.82) is 5.26 Å². The number of hydrogen-bond acceptors (Lipinski definition) is 5. The Morgan fingerprint density at radius 2 is 2.12 bits per heavy atom. The number of benzene rings is 1. The van der Waals surface area contributed by atoms with Crippen molar-refractivity contribution in [2.45, 2.75) is 38.6 Å². The highest BCUT2D eigenvalue weighted by atomic mass is 16.6. The largest absolute Gasteiger partial charge is 0.444 e. The summed E-state index contributed by atoms with van der Waals surface area (Å²) in [7, 11) is 0. The van der Waals surface area contributed by atoms with E-state index < -0.39 is 23.9 Å². The predicted octanol–water partition coefficient (Wildman–Crippen LogP) is 1.96. The first-order valence-electron chi connectivity index (χ1n) is 7.55. The quantitative estimate of drug-likeness (QED) is 0.683. The number of carbonyl (C=O) groups is 1. The Kier molecular flexibility index (Phi) is 5.12. The number of nitrogens with one attached hydrogen (secondary N) is 2. The molecule has 0 aliphatic rings. The van der Waals surface area contributed by atoms with Crippen molar-refractivity contribution >= 4 is 17.0 Å². The van der Waals surface area contributed by atoms with E-state index >= 15 is 0 Å². The van der Waals surface area contributed by atoms with Crippen LogP contribution in [0.1, 0.15) is 38.0 Å². The molecule has 0 spiro atoms. The fraction of sp³-hybridized carbons (Fsp3) is 0.412. The Hall–Kier alpha value is -2.56. The minimum absolute atomic E-state index is 0.166. The molecule has 1 amide bonds. The molecule has 2 rings (SSSR count). The van der Waals surface area contributed by atoms with Gasteiger partial charge < -0.3 is 25.3 Å². The summed E-state index contributed by atoms with van der Waals surface area (Å²) in [5, 5.41) is 32.5. The lowest BCUT2D eigenvalue weighted by Gasteiger charge is -2.22. The van der Waals surface area contributed by atoms with Crippen LogP contribution in [0.3, 0.4) is 0 Å². The highest BCUT2D eigenvalue weighted by molar-refractivity contribution is 5.85. The Balaban J connectivity index is 2.07. The second-order valence-electron chi connectivity index (χ2n) is 6.51. The third kappa shape index (κ3) is 4.25. The molecular weight excluding hydrogens is 310 g/mol. The highest BCUT2D eigenvalue weighted by Crippen LogP contribution is 2.27. The van der Waals surface area contributed by atoms with Gasteiger partial charge in [0.25, 0.3) is 0 Å². The third-order valence-electron chi connectivity index (χ3n) is 3.38. The maximum atomic E-state index is 11.6. The number of amides is 1. The summed E-state index contributed by atoms with van der Waals surface area (Å²) in [6, 6.07) is 7.07. The molecule has 0 saturated carbocycles. The van der Waals surface area contributed by atoms with E-state index in [0.717, 1.165) is 5.52 Å². The summed E-state index contributed by atoms with van der Waals surface area (Å²) in [4.78, 5) is 14.6. The predicted molar refractivity (Wildman–Crippen MR) is 88.2 cm³/mol. The fourth-order valence-electron chi connectivity index (χ4n) is 2.28. The molecule has 2 aromatic rings. The third-order valence-corrected chi connectivity index (χ3v) is 3.38. The van der Waals surface area contributed by atoms with Crippen molar-refractivity contribution in [3.63, 3.8) is 0 Å². The molecule has 0 aliphatic carbocycles. The Morgan fingerprint density at radius 3 is 2.75 bits per heavy atom. The van der Waals surface area contributed by atoms with Gasteiger partial charge in [0.05, 0.1) is 11.6 Å². The number of H-pyrrole nitrogens is 1. The minimum atomic E-state index is -1.22. The van der Waals surface area contributed by atoms with Gasteiger partial charge in [-0.25, -0.2) is 4.79 Å². The zero-order valence-corrected chi connectivity index (χ0v) is 13.8. The smallest absolute Gasteiger partial charge is 0.407 e. The number of hydrogen-bond donors (Lipinski definition) is 4. The van der Waals surface area contributed by atoms with Crippen LogP contribution in [0.5, 0.6) is 0 Å². The van der Waals surface area contributed by atoms with E-state index in [9.17, 15) is 15.0 Å². The second kappa shape index (κ2) is 6.91. The van der Waals surface area contributed by atoms with E-state index in [1.807, 2.05) is 6.07 Å². The van der Waals surface area contributed by atoms with Gasteiger partial charge >= 0.3 is 6.09 Å². The lowest BCUT2D eigenvalue weighted by molar-refractivity contribution is 0.0136. The highest BCUT2D eigenvalue weighted by Gasteiger charge is 2.23. The molecule has 1 aromatic heterocycles. The number of nitriles is 1. The molecule has 7 nitrogen and oxygen atoms in total. The van der Waals surface area contributed by atoms with Crippen molar-refractivity contribution < 1.29 is 19.7 Å². The maximum Gasteiger partial charge on any atom is 0.407 e. The number of aromatic amines is 1. The average Bonchev–Trinajstić information content (AvgIpc) is 2.93. The summed E-state index contributed by atoms with van der Waals surface area (Å²) in [6.07, 6.45) is -1.53. The van der Waals surface area contributed by atoms with Gasteiger partial charge in [0.15, 0.2) is 0 Å². The molecule has 0 bridgehead atoms. The van der Waals surface area contributed by atoms with Gasteiger partial charge in [-0.1, -0.05) is 0 Å². The van der Waals surface area contributed by atoms with Crippen LogP contribution in [-0.2, 0) is 4.74 Å². The molecule has 0 aliphatic heterocycles. The van der Waals surface area contributed by atoms with Gasteiger partial charge in [-0.05, 0) is 39.0 Å². The summed E-state index contributed by atoms with van der Waals surface area (Å²) >= 11 is 0. The summed E-state index contributed by atoms with van der Waals surface area (Å²) in [6.45, 7) is 5.03. The van der Waals surface area contributed by atoms with Crippen LogP contribution in [0.2, 0.25) is 0 Å². The first-order chi connectivity index (χ1) is 11.2.